The van der Waals surface area contributed by atoms with Gasteiger partial charge in [-0.1, -0.05) is 189 Å². The molecule has 0 saturated heterocycles. The first kappa shape index (κ1) is 63.5. The van der Waals surface area contributed by atoms with Crippen molar-refractivity contribution in [3.05, 3.63) is 85.1 Å². The molecule has 2 unspecified atom stereocenters. The summed E-state index contributed by atoms with van der Waals surface area (Å²) < 4.78 is 22.6. The van der Waals surface area contributed by atoms with E-state index in [1.165, 1.54) is 70.6 Å². The molecule has 0 fully saturated rings. The number of carboxylic acids is 1. The number of carbonyl (C=O) groups excluding carboxylic acids is 3. The Morgan fingerprint density at radius 3 is 1.28 bits per heavy atom. The number of allylic oxidation sites excluding steroid dienone is 14. The molecule has 0 bridgehead atoms. The van der Waals surface area contributed by atoms with Gasteiger partial charge in [-0.3, -0.25) is 9.59 Å². The number of aliphatic carboxylic acids is 1. The lowest BCUT2D eigenvalue weighted by atomic mass is 10.1. The summed E-state index contributed by atoms with van der Waals surface area (Å²) >= 11 is 0. The number of ether oxygens (including phenoxy) is 4. The fraction of sp³-hybridized carbons (Fsp3) is 0.707. The van der Waals surface area contributed by atoms with Crippen molar-refractivity contribution in [1.82, 2.24) is 0 Å². The van der Waals surface area contributed by atoms with Crippen molar-refractivity contribution in [2.24, 2.45) is 0 Å². The van der Waals surface area contributed by atoms with Crippen LogP contribution >= 0.6 is 0 Å². The van der Waals surface area contributed by atoms with Gasteiger partial charge in [0.15, 0.2) is 12.4 Å². The zero-order valence-electron chi connectivity index (χ0n) is 43.5. The number of hydrogen-bond acceptors (Lipinski definition) is 8. The molecule has 0 spiro atoms. The lowest BCUT2D eigenvalue weighted by Crippen LogP contribution is -2.44. The SMILES string of the molecule is CC/C=C\C/C=C\C/C=C\C/C=C\C/C=C\C/C=C\CCCCCCCCCCC(=O)OC(COC(=O)CCCCCCC/C=C\CCCCCCCC)COC(OCC[N+](C)(C)C)C(=O)[O-]. The summed E-state index contributed by atoms with van der Waals surface area (Å²) in [5, 5.41) is 11.7. The molecule has 0 rings (SSSR count). The topological polar surface area (TPSA) is 111 Å². The Labute approximate surface area is 410 Å². The van der Waals surface area contributed by atoms with Crippen molar-refractivity contribution in [1.29, 1.82) is 0 Å². The molecule has 384 valence electrons. The Hall–Kier alpha value is -3.53. The average Bonchev–Trinajstić information content (AvgIpc) is 3.29. The molecule has 9 heteroatoms. The normalized spacial score (nSPS) is 13.5. The molecule has 2 atom stereocenters. The van der Waals surface area contributed by atoms with Gasteiger partial charge in [0, 0.05) is 12.8 Å². The number of nitrogens with zero attached hydrogens (tertiary/aromatic N) is 1. The molecule has 0 heterocycles. The van der Waals surface area contributed by atoms with Crippen LogP contribution in [0.2, 0.25) is 0 Å². The Kier molecular flexibility index (Phi) is 46.3. The van der Waals surface area contributed by atoms with Crippen LogP contribution in [0.5, 0.6) is 0 Å². The molecule has 0 aliphatic carbocycles. The Balaban J connectivity index is 4.33. The van der Waals surface area contributed by atoms with E-state index in [0.717, 1.165) is 103 Å². The molecule has 67 heavy (non-hydrogen) atoms. The van der Waals surface area contributed by atoms with Crippen LogP contribution in [0.3, 0.4) is 0 Å². The highest BCUT2D eigenvalue weighted by Gasteiger charge is 2.22. The summed E-state index contributed by atoms with van der Waals surface area (Å²) in [5.74, 6) is -2.31. The van der Waals surface area contributed by atoms with Crippen LogP contribution in [0.15, 0.2) is 85.1 Å². The van der Waals surface area contributed by atoms with Gasteiger partial charge in [-0.2, -0.15) is 0 Å². The van der Waals surface area contributed by atoms with E-state index < -0.39 is 24.3 Å². The van der Waals surface area contributed by atoms with Gasteiger partial charge < -0.3 is 33.3 Å². The van der Waals surface area contributed by atoms with E-state index >= 15 is 0 Å². The number of unbranched alkanes of at least 4 members (excludes halogenated alkanes) is 19. The largest absolute Gasteiger partial charge is 0.545 e. The van der Waals surface area contributed by atoms with E-state index in [2.05, 4.69) is 98.9 Å². The molecule has 0 amide bonds. The maximum atomic E-state index is 12.8. The first-order valence-electron chi connectivity index (χ1n) is 26.7. The van der Waals surface area contributed by atoms with E-state index in [-0.39, 0.29) is 38.6 Å². The first-order chi connectivity index (χ1) is 32.6. The maximum Gasteiger partial charge on any atom is 0.306 e. The Morgan fingerprint density at radius 2 is 0.851 bits per heavy atom. The van der Waals surface area contributed by atoms with Gasteiger partial charge in [-0.25, -0.2) is 0 Å². The number of esters is 2. The van der Waals surface area contributed by atoms with Gasteiger partial charge in [-0.05, 0) is 89.9 Å². The van der Waals surface area contributed by atoms with Crippen molar-refractivity contribution >= 4 is 17.9 Å². The summed E-state index contributed by atoms with van der Waals surface area (Å²) in [5.41, 5.74) is 0. The maximum absolute atomic E-state index is 12.8. The van der Waals surface area contributed by atoms with Crippen molar-refractivity contribution in [2.45, 2.75) is 219 Å². The molecule has 0 aliphatic heterocycles. The second-order valence-electron chi connectivity index (χ2n) is 18.8. The van der Waals surface area contributed by atoms with Crippen molar-refractivity contribution in [2.75, 3.05) is 47.5 Å². The van der Waals surface area contributed by atoms with Crippen molar-refractivity contribution in [3.8, 4) is 0 Å². The summed E-state index contributed by atoms with van der Waals surface area (Å²) in [6, 6.07) is 0. The van der Waals surface area contributed by atoms with Crippen LogP contribution in [0.1, 0.15) is 206 Å². The van der Waals surface area contributed by atoms with E-state index in [1.807, 2.05) is 21.1 Å². The van der Waals surface area contributed by atoms with Gasteiger partial charge in [0.25, 0.3) is 0 Å². The number of carboxylic acid groups (broad SMARTS) is 1. The third-order valence-corrected chi connectivity index (χ3v) is 11.1. The smallest absolute Gasteiger partial charge is 0.306 e. The third kappa shape index (κ3) is 50.2. The molecule has 0 aromatic heterocycles. The zero-order valence-corrected chi connectivity index (χ0v) is 43.5. The molecule has 0 saturated carbocycles. The van der Waals surface area contributed by atoms with Crippen LogP contribution < -0.4 is 5.11 Å². The van der Waals surface area contributed by atoms with E-state index in [9.17, 15) is 19.5 Å². The van der Waals surface area contributed by atoms with Crippen LogP contribution in [-0.2, 0) is 33.3 Å². The van der Waals surface area contributed by atoms with E-state index in [1.54, 1.807) is 0 Å². The number of carbonyl (C=O) groups is 3. The standard InChI is InChI=1S/C58H99NO8/c1-6-8-10-12-14-16-18-20-22-23-24-25-26-27-28-29-30-31-32-33-35-37-39-41-43-45-47-49-56(61)67-54(53-66-58(57(62)63)64-51-50-59(3,4)5)52-65-55(60)48-46-44-42-40-38-36-34-21-19-17-15-13-11-9-7-2/h8,10,14,16,20-22,24-25,27-28,30-31,34,54,58H,6-7,9,11-13,15,17-19,23,26,29,32-33,35-53H2,1-5H3/b10-8-,16-14-,22-20-,25-24-,28-27-,31-30-,34-21-. The Morgan fingerprint density at radius 1 is 0.463 bits per heavy atom. The van der Waals surface area contributed by atoms with Gasteiger partial charge in [0.2, 0.25) is 0 Å². The van der Waals surface area contributed by atoms with Gasteiger partial charge >= 0.3 is 11.9 Å². The minimum Gasteiger partial charge on any atom is -0.545 e. The lowest BCUT2D eigenvalue weighted by molar-refractivity contribution is -0.870. The van der Waals surface area contributed by atoms with Crippen LogP contribution in [0.25, 0.3) is 0 Å². The molecule has 0 N–H and O–H groups in total. The number of likely N-dealkylation sites (N-methyl/N-ethyl adjacent to an activating group) is 1. The van der Waals surface area contributed by atoms with Crippen molar-refractivity contribution < 1.29 is 42.9 Å². The predicted molar refractivity (Wildman–Crippen MR) is 278 cm³/mol. The van der Waals surface area contributed by atoms with E-state index in [0.29, 0.717) is 17.4 Å². The van der Waals surface area contributed by atoms with Crippen LogP contribution in [0.4, 0.5) is 0 Å². The highest BCUT2D eigenvalue weighted by molar-refractivity contribution is 5.70. The highest BCUT2D eigenvalue weighted by Crippen LogP contribution is 2.14. The fourth-order valence-electron chi connectivity index (χ4n) is 7.00. The molecule has 9 nitrogen and oxygen atoms in total. The average molecular weight is 938 g/mol. The molecular weight excluding hydrogens is 839 g/mol. The number of quaternary nitrogens is 1. The second kappa shape index (κ2) is 48.9. The first-order valence-corrected chi connectivity index (χ1v) is 26.7. The zero-order chi connectivity index (χ0) is 49.2. The predicted octanol–water partition coefficient (Wildman–Crippen LogP) is 13.9. The number of hydrogen-bond donors (Lipinski definition) is 0. The lowest BCUT2D eigenvalue weighted by Gasteiger charge is -2.26. The highest BCUT2D eigenvalue weighted by atomic mass is 16.7. The molecule has 0 radical (unpaired) electrons. The molecule has 0 aliphatic rings. The second-order valence-corrected chi connectivity index (χ2v) is 18.8. The minimum absolute atomic E-state index is 0.141. The minimum atomic E-state index is -1.63. The van der Waals surface area contributed by atoms with Crippen LogP contribution in [-0.4, -0.2) is 82.3 Å². The molecular formula is C58H99NO8. The number of rotatable bonds is 48. The van der Waals surface area contributed by atoms with Gasteiger partial charge in [0.1, 0.15) is 13.2 Å². The van der Waals surface area contributed by atoms with Gasteiger partial charge in [0.05, 0.1) is 40.3 Å². The third-order valence-electron chi connectivity index (χ3n) is 11.1. The van der Waals surface area contributed by atoms with E-state index in [4.69, 9.17) is 18.9 Å². The van der Waals surface area contributed by atoms with Crippen LogP contribution in [0, 0.1) is 0 Å². The molecule has 0 aromatic carbocycles. The summed E-state index contributed by atoms with van der Waals surface area (Å²) in [7, 11) is 5.90. The summed E-state index contributed by atoms with van der Waals surface area (Å²) in [4.78, 5) is 37.2. The molecule has 0 aromatic rings. The monoisotopic (exact) mass is 938 g/mol. The van der Waals surface area contributed by atoms with Gasteiger partial charge in [-0.15, -0.1) is 0 Å². The summed E-state index contributed by atoms with van der Waals surface area (Å²) in [6.45, 7) is 4.60. The van der Waals surface area contributed by atoms with Crippen molar-refractivity contribution in [3.63, 3.8) is 0 Å². The quantitative estimate of drug-likeness (QED) is 0.0195. The fourth-order valence-corrected chi connectivity index (χ4v) is 7.00. The Bertz CT molecular complexity index is 1370. The summed E-state index contributed by atoms with van der Waals surface area (Å²) in [6.07, 6.45) is 60.4.